The molecule has 1 spiro atoms. The van der Waals surface area contributed by atoms with E-state index in [9.17, 15) is 9.59 Å². The summed E-state index contributed by atoms with van der Waals surface area (Å²) in [6.07, 6.45) is 9.47. The van der Waals surface area contributed by atoms with Crippen molar-refractivity contribution in [3.05, 3.63) is 35.9 Å². The van der Waals surface area contributed by atoms with E-state index in [-0.39, 0.29) is 28.8 Å². The van der Waals surface area contributed by atoms with E-state index in [0.29, 0.717) is 48.4 Å². The highest BCUT2D eigenvalue weighted by atomic mass is 16.7. The maximum Gasteiger partial charge on any atom is 0.338 e. The molecule has 196 valence electrons. The summed E-state index contributed by atoms with van der Waals surface area (Å²) in [6.45, 7) is 8.41. The van der Waals surface area contributed by atoms with Crippen molar-refractivity contribution in [1.82, 2.24) is 0 Å². The first kappa shape index (κ1) is 24.6. The van der Waals surface area contributed by atoms with Gasteiger partial charge < -0.3 is 19.0 Å². The van der Waals surface area contributed by atoms with E-state index in [0.717, 1.165) is 51.2 Å². The van der Waals surface area contributed by atoms with Crippen LogP contribution in [0.5, 0.6) is 0 Å². The van der Waals surface area contributed by atoms with Gasteiger partial charge in [0.15, 0.2) is 5.79 Å². The third kappa shape index (κ3) is 3.71. The molecule has 5 heteroatoms. The van der Waals surface area contributed by atoms with Gasteiger partial charge in [0.2, 0.25) is 0 Å². The number of esters is 1. The van der Waals surface area contributed by atoms with Crippen LogP contribution in [0.3, 0.4) is 0 Å². The van der Waals surface area contributed by atoms with Crippen molar-refractivity contribution in [1.29, 1.82) is 0 Å². The molecular formula is C31H42O5. The molecule has 0 N–H and O–H groups in total. The van der Waals surface area contributed by atoms with Crippen LogP contribution in [0.15, 0.2) is 30.3 Å². The van der Waals surface area contributed by atoms with Gasteiger partial charge in [0, 0.05) is 24.7 Å². The Morgan fingerprint density at radius 2 is 1.72 bits per heavy atom. The Morgan fingerprint density at radius 3 is 2.44 bits per heavy atom. The summed E-state index contributed by atoms with van der Waals surface area (Å²) in [6, 6.07) is 9.44. The highest BCUT2D eigenvalue weighted by Crippen LogP contribution is 2.69. The zero-order valence-electron chi connectivity index (χ0n) is 22.1. The lowest BCUT2D eigenvalue weighted by molar-refractivity contribution is -0.242. The molecule has 0 radical (unpaired) electrons. The first-order valence-electron chi connectivity index (χ1n) is 14.3. The second kappa shape index (κ2) is 8.94. The van der Waals surface area contributed by atoms with Gasteiger partial charge in [0.1, 0.15) is 12.4 Å². The second-order valence-corrected chi connectivity index (χ2v) is 13.1. The van der Waals surface area contributed by atoms with Gasteiger partial charge in [-0.3, -0.25) is 0 Å². The molecule has 4 saturated carbocycles. The molecule has 36 heavy (non-hydrogen) atoms. The number of carbonyl (C=O) groups is 2. The lowest BCUT2D eigenvalue weighted by Crippen LogP contribution is -2.60. The summed E-state index contributed by atoms with van der Waals surface area (Å²) >= 11 is 0. The van der Waals surface area contributed by atoms with E-state index in [2.05, 4.69) is 20.8 Å². The van der Waals surface area contributed by atoms with E-state index >= 15 is 0 Å². The third-order valence-electron chi connectivity index (χ3n) is 11.7. The lowest BCUT2D eigenvalue weighted by Gasteiger charge is -2.63. The quantitative estimate of drug-likeness (QED) is 0.376. The Labute approximate surface area is 215 Å². The molecule has 1 aliphatic heterocycles. The molecule has 1 saturated heterocycles. The van der Waals surface area contributed by atoms with Gasteiger partial charge in [-0.2, -0.15) is 0 Å². The SMILES string of the molecule is C[C@H](C=O)C1CCC2C3C(CC[C@@]21C)[C@@]1(C)CCC2(C[C@@H]1C[C@H]3OC(=O)c1ccccc1)OCCO2. The maximum absolute atomic E-state index is 13.3. The molecule has 6 rings (SSSR count). The summed E-state index contributed by atoms with van der Waals surface area (Å²) in [5.41, 5.74) is 0.967. The summed E-state index contributed by atoms with van der Waals surface area (Å²) in [7, 11) is 0. The molecule has 0 aromatic heterocycles. The van der Waals surface area contributed by atoms with Crippen molar-refractivity contribution in [3.8, 4) is 0 Å². The molecular weight excluding hydrogens is 452 g/mol. The smallest absolute Gasteiger partial charge is 0.338 e. The molecule has 1 aromatic rings. The molecule has 1 heterocycles. The van der Waals surface area contributed by atoms with Crippen LogP contribution in [0, 0.1) is 46.3 Å². The highest BCUT2D eigenvalue weighted by molar-refractivity contribution is 5.89. The first-order valence-corrected chi connectivity index (χ1v) is 14.3. The molecule has 9 atom stereocenters. The summed E-state index contributed by atoms with van der Waals surface area (Å²) in [4.78, 5) is 25.2. The van der Waals surface area contributed by atoms with Crippen LogP contribution in [-0.4, -0.2) is 37.4 Å². The number of hydrogen-bond acceptors (Lipinski definition) is 5. The molecule has 5 fully saturated rings. The number of hydrogen-bond donors (Lipinski definition) is 0. The van der Waals surface area contributed by atoms with Crippen molar-refractivity contribution < 1.29 is 23.8 Å². The fourth-order valence-electron chi connectivity index (χ4n) is 9.80. The Morgan fingerprint density at radius 1 is 1.00 bits per heavy atom. The van der Waals surface area contributed by atoms with Gasteiger partial charge in [0.25, 0.3) is 0 Å². The zero-order valence-corrected chi connectivity index (χ0v) is 22.1. The Balaban J connectivity index is 1.34. The number of fused-ring (bicyclic) bond motifs is 5. The van der Waals surface area contributed by atoms with Crippen molar-refractivity contribution in [2.45, 2.75) is 84.0 Å². The Hall–Kier alpha value is -1.72. The zero-order chi connectivity index (χ0) is 25.1. The summed E-state index contributed by atoms with van der Waals surface area (Å²) in [5, 5.41) is 0. The van der Waals surface area contributed by atoms with Gasteiger partial charge in [-0.1, -0.05) is 39.0 Å². The maximum atomic E-state index is 13.3. The van der Waals surface area contributed by atoms with E-state index in [1.54, 1.807) is 0 Å². The highest BCUT2D eigenvalue weighted by Gasteiger charge is 2.65. The van der Waals surface area contributed by atoms with E-state index < -0.39 is 5.79 Å². The average Bonchev–Trinajstić information content (AvgIpc) is 3.49. The normalized spacial score (nSPS) is 43.8. The van der Waals surface area contributed by atoms with Gasteiger partial charge in [-0.25, -0.2) is 4.79 Å². The van der Waals surface area contributed by atoms with Crippen molar-refractivity contribution >= 4 is 12.3 Å². The van der Waals surface area contributed by atoms with Gasteiger partial charge >= 0.3 is 5.97 Å². The van der Waals surface area contributed by atoms with Crippen LogP contribution >= 0.6 is 0 Å². The summed E-state index contributed by atoms with van der Waals surface area (Å²) in [5.74, 6) is 1.63. The topological polar surface area (TPSA) is 61.8 Å². The number of benzene rings is 1. The van der Waals surface area contributed by atoms with Gasteiger partial charge in [-0.15, -0.1) is 0 Å². The van der Waals surface area contributed by atoms with Crippen molar-refractivity contribution in [2.75, 3.05) is 13.2 Å². The van der Waals surface area contributed by atoms with Crippen LogP contribution in [0.4, 0.5) is 0 Å². The van der Waals surface area contributed by atoms with Crippen molar-refractivity contribution in [3.63, 3.8) is 0 Å². The van der Waals surface area contributed by atoms with Crippen molar-refractivity contribution in [2.24, 2.45) is 46.3 Å². The predicted octanol–water partition coefficient (Wildman–Crippen LogP) is 6.06. The number of carbonyl (C=O) groups excluding carboxylic acids is 2. The minimum Gasteiger partial charge on any atom is -0.458 e. The van der Waals surface area contributed by atoms with Gasteiger partial charge in [-0.05, 0) is 85.2 Å². The number of ether oxygens (including phenoxy) is 3. The van der Waals surface area contributed by atoms with Gasteiger partial charge in [0.05, 0.1) is 18.8 Å². The largest absolute Gasteiger partial charge is 0.458 e. The van der Waals surface area contributed by atoms with Crippen LogP contribution in [0.2, 0.25) is 0 Å². The van der Waals surface area contributed by atoms with Crippen LogP contribution < -0.4 is 0 Å². The number of aldehydes is 1. The summed E-state index contributed by atoms with van der Waals surface area (Å²) < 4.78 is 18.8. The van der Waals surface area contributed by atoms with Crippen LogP contribution in [0.25, 0.3) is 0 Å². The monoisotopic (exact) mass is 494 g/mol. The van der Waals surface area contributed by atoms with E-state index in [4.69, 9.17) is 14.2 Å². The molecule has 0 amide bonds. The van der Waals surface area contributed by atoms with Crippen LogP contribution in [0.1, 0.15) is 82.5 Å². The first-order chi connectivity index (χ1) is 17.3. The standard InChI is InChI=1S/C31H42O5/c1-20(19-32)23-9-10-24-27-25(11-12-30(23,24)3)29(2)13-14-31(34-15-16-35-31)18-22(29)17-26(27)36-28(33)21-7-5-4-6-8-21/h4-8,19-20,22-27H,9-18H2,1-3H3/t20-,22+,23?,24?,25?,26-,27?,29+,30-/m1/s1. The molecule has 0 bridgehead atoms. The lowest BCUT2D eigenvalue weighted by atomic mass is 9.43. The fourth-order valence-corrected chi connectivity index (χ4v) is 9.80. The molecule has 4 unspecified atom stereocenters. The minimum atomic E-state index is -0.438. The molecule has 5 aliphatic rings. The van der Waals surface area contributed by atoms with Crippen LogP contribution in [-0.2, 0) is 19.0 Å². The number of rotatable bonds is 4. The predicted molar refractivity (Wildman–Crippen MR) is 136 cm³/mol. The Bertz CT molecular complexity index is 986. The Kier molecular flexibility index (Phi) is 6.11. The fraction of sp³-hybridized carbons (Fsp3) is 0.742. The second-order valence-electron chi connectivity index (χ2n) is 13.1. The molecule has 4 aliphatic carbocycles. The molecule has 5 nitrogen and oxygen atoms in total. The van der Waals surface area contributed by atoms with E-state index in [1.165, 1.54) is 6.42 Å². The minimum absolute atomic E-state index is 0.0833. The average molecular weight is 495 g/mol. The molecule has 1 aromatic carbocycles. The van der Waals surface area contributed by atoms with E-state index in [1.807, 2.05) is 30.3 Å². The third-order valence-corrected chi connectivity index (χ3v) is 11.7.